The van der Waals surface area contributed by atoms with Gasteiger partial charge in [0.25, 0.3) is 0 Å². The molecule has 1 aliphatic rings. The molecular formula is C23H30N4O3. The topological polar surface area (TPSA) is 65.5 Å². The number of nitrogens with zero attached hydrogens (tertiary/aromatic N) is 4. The van der Waals surface area contributed by atoms with Crippen molar-refractivity contribution in [3.05, 3.63) is 47.0 Å². The zero-order valence-electron chi connectivity index (χ0n) is 18.4. The Hall–Kier alpha value is -2.80. The molecule has 0 radical (unpaired) electrons. The molecule has 0 atom stereocenters. The zero-order valence-corrected chi connectivity index (χ0v) is 18.4. The smallest absolute Gasteiger partial charge is 0.247 e. The van der Waals surface area contributed by atoms with Crippen molar-refractivity contribution in [1.29, 1.82) is 0 Å². The number of hydrogen-bond donors (Lipinski definition) is 0. The average Bonchev–Trinajstić information content (AvgIpc) is 3.31. The maximum atomic E-state index is 5.83. The quantitative estimate of drug-likeness (QED) is 0.585. The Bertz CT molecular complexity index is 1020. The van der Waals surface area contributed by atoms with E-state index in [9.17, 15) is 0 Å². The molecule has 30 heavy (non-hydrogen) atoms. The fourth-order valence-electron chi connectivity index (χ4n) is 4.04. The van der Waals surface area contributed by atoms with Crippen LogP contribution in [0.3, 0.4) is 0 Å². The van der Waals surface area contributed by atoms with Gasteiger partial charge in [-0.2, -0.15) is 5.10 Å². The highest BCUT2D eigenvalue weighted by Crippen LogP contribution is 2.32. The Balaban J connectivity index is 1.63. The van der Waals surface area contributed by atoms with Crippen molar-refractivity contribution in [1.82, 2.24) is 19.7 Å². The molecule has 160 valence electrons. The first-order chi connectivity index (χ1) is 14.5. The van der Waals surface area contributed by atoms with Crippen LogP contribution >= 0.6 is 0 Å². The Morgan fingerprint density at radius 3 is 2.70 bits per heavy atom. The molecule has 0 amide bonds. The predicted molar refractivity (Wildman–Crippen MR) is 115 cm³/mol. The normalized spacial score (nSPS) is 14.2. The van der Waals surface area contributed by atoms with Crippen LogP contribution in [0.25, 0.3) is 11.6 Å². The number of ether oxygens (including phenoxy) is 2. The SMILES string of the molecule is COc1ccc(CN2CCc3c(c(-c4ncc(C)o4)nn3CC(C)C)C2)c(OC)c1. The highest BCUT2D eigenvalue weighted by molar-refractivity contribution is 5.55. The number of aromatic nitrogens is 3. The van der Waals surface area contributed by atoms with Crippen molar-refractivity contribution in [2.45, 2.75) is 46.8 Å². The monoisotopic (exact) mass is 410 g/mol. The fourth-order valence-corrected chi connectivity index (χ4v) is 4.04. The van der Waals surface area contributed by atoms with E-state index in [4.69, 9.17) is 19.0 Å². The Kier molecular flexibility index (Phi) is 5.81. The standard InChI is InChI=1S/C23H30N4O3/c1-15(2)12-27-20-8-9-26(13-17-6-7-18(28-4)10-21(17)29-5)14-19(20)22(25-27)23-24-11-16(3)30-23/h6-7,10-11,15H,8-9,12-14H2,1-5H3. The van der Waals surface area contributed by atoms with Gasteiger partial charge in [0.2, 0.25) is 5.89 Å². The van der Waals surface area contributed by atoms with Gasteiger partial charge < -0.3 is 13.9 Å². The Morgan fingerprint density at radius 1 is 1.20 bits per heavy atom. The minimum Gasteiger partial charge on any atom is -0.497 e. The first-order valence-corrected chi connectivity index (χ1v) is 10.4. The molecule has 3 heterocycles. The summed E-state index contributed by atoms with van der Waals surface area (Å²) in [5.74, 6) is 3.57. The predicted octanol–water partition coefficient (Wildman–Crippen LogP) is 4.08. The molecule has 0 aliphatic carbocycles. The molecule has 0 fully saturated rings. The molecular weight excluding hydrogens is 380 g/mol. The van der Waals surface area contributed by atoms with Gasteiger partial charge in [-0.05, 0) is 18.9 Å². The summed E-state index contributed by atoms with van der Waals surface area (Å²) in [4.78, 5) is 6.87. The van der Waals surface area contributed by atoms with Crippen molar-refractivity contribution in [2.75, 3.05) is 20.8 Å². The summed E-state index contributed by atoms with van der Waals surface area (Å²) < 4.78 is 18.9. The van der Waals surface area contributed by atoms with E-state index in [2.05, 4.69) is 34.5 Å². The largest absolute Gasteiger partial charge is 0.497 e. The van der Waals surface area contributed by atoms with Gasteiger partial charge in [-0.1, -0.05) is 19.9 Å². The second-order valence-electron chi connectivity index (χ2n) is 8.26. The molecule has 2 aromatic heterocycles. The van der Waals surface area contributed by atoms with Crippen LogP contribution in [-0.2, 0) is 26.1 Å². The summed E-state index contributed by atoms with van der Waals surface area (Å²) in [5.41, 5.74) is 4.53. The number of rotatable bonds is 7. The molecule has 0 bridgehead atoms. The first kappa shape index (κ1) is 20.5. The van der Waals surface area contributed by atoms with Crippen molar-refractivity contribution >= 4 is 0 Å². The average molecular weight is 411 g/mol. The number of fused-ring (bicyclic) bond motifs is 1. The van der Waals surface area contributed by atoms with Crippen LogP contribution < -0.4 is 9.47 Å². The van der Waals surface area contributed by atoms with Crippen LogP contribution in [0.2, 0.25) is 0 Å². The van der Waals surface area contributed by atoms with E-state index >= 15 is 0 Å². The molecule has 1 aromatic carbocycles. The lowest BCUT2D eigenvalue weighted by Crippen LogP contribution is -2.31. The van der Waals surface area contributed by atoms with Crippen LogP contribution in [-0.4, -0.2) is 40.4 Å². The van der Waals surface area contributed by atoms with Crippen molar-refractivity contribution in [3.63, 3.8) is 0 Å². The lowest BCUT2D eigenvalue weighted by atomic mass is 10.0. The lowest BCUT2D eigenvalue weighted by Gasteiger charge is -2.28. The third kappa shape index (κ3) is 4.07. The van der Waals surface area contributed by atoms with Crippen molar-refractivity contribution in [2.24, 2.45) is 5.92 Å². The molecule has 7 nitrogen and oxygen atoms in total. The van der Waals surface area contributed by atoms with E-state index in [0.29, 0.717) is 11.8 Å². The van der Waals surface area contributed by atoms with Gasteiger partial charge in [-0.25, -0.2) is 4.98 Å². The van der Waals surface area contributed by atoms with Crippen LogP contribution in [0.15, 0.2) is 28.8 Å². The summed E-state index contributed by atoms with van der Waals surface area (Å²) in [5, 5.41) is 4.91. The molecule has 0 saturated heterocycles. The van der Waals surface area contributed by atoms with E-state index in [1.54, 1.807) is 20.4 Å². The lowest BCUT2D eigenvalue weighted by molar-refractivity contribution is 0.237. The van der Waals surface area contributed by atoms with E-state index in [1.165, 1.54) is 11.3 Å². The highest BCUT2D eigenvalue weighted by Gasteiger charge is 2.28. The third-order valence-electron chi connectivity index (χ3n) is 5.46. The second kappa shape index (κ2) is 8.52. The van der Waals surface area contributed by atoms with Gasteiger partial charge >= 0.3 is 0 Å². The number of methoxy groups -OCH3 is 2. The van der Waals surface area contributed by atoms with Gasteiger partial charge in [-0.15, -0.1) is 0 Å². The molecule has 0 unspecified atom stereocenters. The van der Waals surface area contributed by atoms with Gasteiger partial charge in [-0.3, -0.25) is 9.58 Å². The van der Waals surface area contributed by atoms with E-state index in [0.717, 1.165) is 61.1 Å². The first-order valence-electron chi connectivity index (χ1n) is 10.4. The maximum Gasteiger partial charge on any atom is 0.247 e. The Labute approximate surface area is 177 Å². The van der Waals surface area contributed by atoms with Crippen molar-refractivity contribution < 1.29 is 13.9 Å². The van der Waals surface area contributed by atoms with Crippen LogP contribution in [0.1, 0.15) is 36.4 Å². The summed E-state index contributed by atoms with van der Waals surface area (Å²) in [7, 11) is 3.37. The molecule has 1 aliphatic heterocycles. The zero-order chi connectivity index (χ0) is 21.3. The molecule has 0 saturated carbocycles. The van der Waals surface area contributed by atoms with Crippen LogP contribution in [0, 0.1) is 12.8 Å². The number of benzene rings is 1. The van der Waals surface area contributed by atoms with Gasteiger partial charge in [0.15, 0.2) is 5.69 Å². The molecule has 3 aromatic rings. The van der Waals surface area contributed by atoms with Crippen molar-refractivity contribution in [3.8, 4) is 23.1 Å². The summed E-state index contributed by atoms with van der Waals surface area (Å²) >= 11 is 0. The molecule has 7 heteroatoms. The molecule has 0 N–H and O–H groups in total. The van der Waals surface area contributed by atoms with Gasteiger partial charge in [0, 0.05) is 55.5 Å². The van der Waals surface area contributed by atoms with E-state index in [1.807, 2.05) is 19.1 Å². The van der Waals surface area contributed by atoms with Crippen LogP contribution in [0.5, 0.6) is 11.5 Å². The van der Waals surface area contributed by atoms with Gasteiger partial charge in [0.1, 0.15) is 17.3 Å². The summed E-state index contributed by atoms with van der Waals surface area (Å²) in [6.45, 7) is 9.81. The van der Waals surface area contributed by atoms with Crippen LogP contribution in [0.4, 0.5) is 0 Å². The van der Waals surface area contributed by atoms with E-state index in [-0.39, 0.29) is 0 Å². The third-order valence-corrected chi connectivity index (χ3v) is 5.46. The highest BCUT2D eigenvalue weighted by atomic mass is 16.5. The van der Waals surface area contributed by atoms with E-state index < -0.39 is 0 Å². The minimum absolute atomic E-state index is 0.523. The Morgan fingerprint density at radius 2 is 2.03 bits per heavy atom. The molecule has 4 rings (SSSR count). The summed E-state index contributed by atoms with van der Waals surface area (Å²) in [6.07, 6.45) is 2.71. The maximum absolute atomic E-state index is 5.83. The fraction of sp³-hybridized carbons (Fsp3) is 0.478. The minimum atomic E-state index is 0.523. The number of oxazole rings is 1. The number of aryl methyl sites for hydroxylation is 1. The number of hydrogen-bond acceptors (Lipinski definition) is 6. The van der Waals surface area contributed by atoms with Gasteiger partial charge in [0.05, 0.1) is 20.4 Å². The molecule has 0 spiro atoms. The summed E-state index contributed by atoms with van der Waals surface area (Å²) in [6, 6.07) is 5.99. The second-order valence-corrected chi connectivity index (χ2v) is 8.26.